The number of nitrogens with one attached hydrogen (secondary N) is 3. The van der Waals surface area contributed by atoms with Crippen LogP contribution in [0.25, 0.3) is 10.9 Å². The molecule has 8 nitrogen and oxygen atoms in total. The van der Waals surface area contributed by atoms with Gasteiger partial charge in [0.1, 0.15) is 5.02 Å². The van der Waals surface area contributed by atoms with Crippen LogP contribution in [0.5, 0.6) is 5.75 Å². The highest BCUT2D eigenvalue weighted by molar-refractivity contribution is 6.32. The van der Waals surface area contributed by atoms with Crippen molar-refractivity contribution in [3.8, 4) is 5.75 Å². The van der Waals surface area contributed by atoms with Gasteiger partial charge in [-0.15, -0.1) is 0 Å². The zero-order valence-corrected chi connectivity index (χ0v) is 21.4. The summed E-state index contributed by atoms with van der Waals surface area (Å²) in [5.74, 6) is -2.74. The number of hydrogen-bond donors (Lipinski definition) is 3. The lowest BCUT2D eigenvalue weighted by Crippen LogP contribution is -2.52. The molecule has 3 atom stereocenters. The Morgan fingerprint density at radius 2 is 1.95 bits per heavy atom. The molecule has 4 heterocycles. The quantitative estimate of drug-likeness (QED) is 0.415. The summed E-state index contributed by atoms with van der Waals surface area (Å²) >= 11 is 6.42. The monoisotopic (exact) mass is 530 g/mol. The molecule has 1 saturated carbocycles. The molecule has 3 N–H and O–H groups in total. The molecule has 11 heteroatoms. The molecule has 196 valence electrons. The third-order valence-electron chi connectivity index (χ3n) is 7.75. The molecule has 37 heavy (non-hydrogen) atoms. The highest BCUT2D eigenvalue weighted by atomic mass is 35.5. The average molecular weight is 531 g/mol. The van der Waals surface area contributed by atoms with Gasteiger partial charge in [-0.05, 0) is 37.0 Å². The zero-order valence-electron chi connectivity index (χ0n) is 20.7. The van der Waals surface area contributed by atoms with E-state index in [1.807, 2.05) is 18.2 Å². The Labute approximate surface area is 217 Å². The first kappa shape index (κ1) is 24.2. The number of alkyl halides is 2. The molecule has 3 aromatic rings. The zero-order chi connectivity index (χ0) is 25.9. The maximum absolute atomic E-state index is 14.3. The Balaban J connectivity index is 1.32. The Morgan fingerprint density at radius 3 is 2.68 bits per heavy atom. The standard InChI is InChI=1S/C26H29ClF2N6O2/c1-13-11-35(12-14(2)26(13,28)29)25-30-10-18(27)23(34-25)31-16-5-6-20-17(9-16)21-22(24(36)33-20)37-8-7-19(32-21)15-3-4-15/h5-6,9-10,13-15,19,32H,3-4,7-8,11-12H2,1-2H3,(H,33,36)(H,30,31,34)/t13-,14+,19-/m1/s1. The number of pyridine rings is 1. The molecule has 0 spiro atoms. The van der Waals surface area contributed by atoms with Gasteiger partial charge in [0.05, 0.1) is 24.0 Å². The van der Waals surface area contributed by atoms with E-state index in [4.69, 9.17) is 16.3 Å². The highest BCUT2D eigenvalue weighted by Gasteiger charge is 2.47. The Bertz CT molecular complexity index is 1400. The predicted octanol–water partition coefficient (Wildman–Crippen LogP) is 5.42. The summed E-state index contributed by atoms with van der Waals surface area (Å²) in [6, 6.07) is 5.83. The molecule has 6 rings (SSSR count). The van der Waals surface area contributed by atoms with Crippen molar-refractivity contribution in [1.29, 1.82) is 0 Å². The van der Waals surface area contributed by atoms with Crippen molar-refractivity contribution in [3.63, 3.8) is 0 Å². The van der Waals surface area contributed by atoms with E-state index in [-0.39, 0.29) is 24.7 Å². The van der Waals surface area contributed by atoms with Gasteiger partial charge >= 0.3 is 0 Å². The van der Waals surface area contributed by atoms with E-state index in [2.05, 4.69) is 25.6 Å². The Hall–Kier alpha value is -3.14. The summed E-state index contributed by atoms with van der Waals surface area (Å²) in [5.41, 5.74) is 1.83. The number of ether oxygens (including phenoxy) is 1. The van der Waals surface area contributed by atoms with Gasteiger partial charge in [0, 0.05) is 48.5 Å². The summed E-state index contributed by atoms with van der Waals surface area (Å²) in [4.78, 5) is 26.3. The minimum atomic E-state index is -2.73. The van der Waals surface area contributed by atoms with Crippen LogP contribution in [0, 0.1) is 17.8 Å². The summed E-state index contributed by atoms with van der Waals surface area (Å²) in [7, 11) is 0. The number of halogens is 3. The Kier molecular flexibility index (Phi) is 5.89. The van der Waals surface area contributed by atoms with Crippen molar-refractivity contribution in [1.82, 2.24) is 15.0 Å². The fourth-order valence-electron chi connectivity index (χ4n) is 5.39. The first-order valence-electron chi connectivity index (χ1n) is 12.7. The lowest BCUT2D eigenvalue weighted by molar-refractivity contribution is -0.105. The van der Waals surface area contributed by atoms with E-state index in [9.17, 15) is 13.6 Å². The fourth-order valence-corrected chi connectivity index (χ4v) is 5.53. The summed E-state index contributed by atoms with van der Waals surface area (Å²) in [5, 5.41) is 7.96. The smallest absolute Gasteiger partial charge is 0.292 e. The SMILES string of the molecule is C[C@@H]1CN(c2ncc(Cl)c(Nc3ccc4[nH]c(=O)c5c(c4c3)N[C@@H](C3CC3)CCO5)n2)C[C@H](C)C1(F)F. The molecular weight excluding hydrogens is 502 g/mol. The van der Waals surface area contributed by atoms with E-state index in [0.29, 0.717) is 52.0 Å². The number of fused-ring (bicyclic) bond motifs is 3. The molecule has 1 aliphatic carbocycles. The molecular formula is C26H29ClF2N6O2. The van der Waals surface area contributed by atoms with Crippen LogP contribution < -0.4 is 25.8 Å². The number of rotatable bonds is 4. The molecule has 2 fully saturated rings. The van der Waals surface area contributed by atoms with Crippen LogP contribution in [0.4, 0.5) is 31.9 Å². The van der Waals surface area contributed by atoms with Gasteiger partial charge in [-0.3, -0.25) is 4.79 Å². The average Bonchev–Trinajstić information content (AvgIpc) is 3.71. The first-order chi connectivity index (χ1) is 17.7. The van der Waals surface area contributed by atoms with Crippen LogP contribution in [0.2, 0.25) is 5.02 Å². The lowest BCUT2D eigenvalue weighted by Gasteiger charge is -2.41. The van der Waals surface area contributed by atoms with Crippen molar-refractivity contribution in [2.75, 3.05) is 35.2 Å². The summed E-state index contributed by atoms with van der Waals surface area (Å²) in [6.45, 7) is 3.90. The van der Waals surface area contributed by atoms with E-state index < -0.39 is 17.8 Å². The van der Waals surface area contributed by atoms with Crippen LogP contribution >= 0.6 is 11.6 Å². The van der Waals surface area contributed by atoms with Gasteiger partial charge in [-0.1, -0.05) is 25.4 Å². The predicted molar refractivity (Wildman–Crippen MR) is 141 cm³/mol. The van der Waals surface area contributed by atoms with Crippen LogP contribution in [0.1, 0.15) is 33.1 Å². The number of aromatic amines is 1. The van der Waals surface area contributed by atoms with Gasteiger partial charge in [0.25, 0.3) is 11.5 Å². The van der Waals surface area contributed by atoms with Crippen molar-refractivity contribution in [3.05, 3.63) is 39.8 Å². The van der Waals surface area contributed by atoms with Crippen LogP contribution in [0.3, 0.4) is 0 Å². The number of piperidine rings is 1. The topological polar surface area (TPSA) is 95.2 Å². The van der Waals surface area contributed by atoms with E-state index in [0.717, 1.165) is 11.8 Å². The minimum Gasteiger partial charge on any atom is -0.486 e. The van der Waals surface area contributed by atoms with E-state index in [1.54, 1.807) is 18.7 Å². The molecule has 2 aliphatic heterocycles. The lowest BCUT2D eigenvalue weighted by atomic mass is 9.87. The minimum absolute atomic E-state index is 0.154. The van der Waals surface area contributed by atoms with Gasteiger partial charge in [-0.25, -0.2) is 13.8 Å². The molecule has 2 aromatic heterocycles. The first-order valence-corrected chi connectivity index (χ1v) is 13.1. The van der Waals surface area contributed by atoms with Crippen molar-refractivity contribution < 1.29 is 13.5 Å². The Morgan fingerprint density at radius 1 is 1.19 bits per heavy atom. The normalized spacial score (nSPS) is 25.1. The number of aromatic nitrogens is 3. The van der Waals surface area contributed by atoms with Gasteiger partial charge in [0.2, 0.25) is 11.7 Å². The number of H-pyrrole nitrogens is 1. The molecule has 0 amide bonds. The van der Waals surface area contributed by atoms with Gasteiger partial charge in [0.15, 0.2) is 5.82 Å². The second-order valence-corrected chi connectivity index (χ2v) is 10.9. The maximum Gasteiger partial charge on any atom is 0.292 e. The largest absolute Gasteiger partial charge is 0.486 e. The summed E-state index contributed by atoms with van der Waals surface area (Å²) in [6.07, 6.45) is 4.69. The second kappa shape index (κ2) is 9.01. The highest BCUT2D eigenvalue weighted by Crippen LogP contribution is 2.41. The van der Waals surface area contributed by atoms with E-state index in [1.165, 1.54) is 19.0 Å². The number of nitrogens with zero attached hydrogens (tertiary/aromatic N) is 3. The third kappa shape index (κ3) is 4.45. The molecule has 3 aliphatic rings. The van der Waals surface area contributed by atoms with Crippen molar-refractivity contribution >= 4 is 45.6 Å². The molecule has 0 bridgehead atoms. The molecule has 1 saturated heterocycles. The fraction of sp³-hybridized carbons (Fsp3) is 0.500. The molecule has 1 aromatic carbocycles. The number of benzene rings is 1. The van der Waals surface area contributed by atoms with Crippen LogP contribution in [-0.4, -0.2) is 46.6 Å². The van der Waals surface area contributed by atoms with Crippen molar-refractivity contribution in [2.45, 2.75) is 45.1 Å². The maximum atomic E-state index is 14.3. The third-order valence-corrected chi connectivity index (χ3v) is 8.02. The molecule has 0 unspecified atom stereocenters. The van der Waals surface area contributed by atoms with Gasteiger partial charge in [-0.2, -0.15) is 4.98 Å². The number of hydrogen-bond acceptors (Lipinski definition) is 7. The van der Waals surface area contributed by atoms with Crippen molar-refractivity contribution in [2.24, 2.45) is 17.8 Å². The number of anilines is 4. The van der Waals surface area contributed by atoms with Crippen LogP contribution in [0.15, 0.2) is 29.2 Å². The summed E-state index contributed by atoms with van der Waals surface area (Å²) < 4.78 is 34.5. The molecule has 0 radical (unpaired) electrons. The van der Waals surface area contributed by atoms with E-state index >= 15 is 0 Å². The van der Waals surface area contributed by atoms with Crippen LogP contribution in [-0.2, 0) is 0 Å². The van der Waals surface area contributed by atoms with Gasteiger partial charge < -0.3 is 25.3 Å². The second-order valence-electron chi connectivity index (χ2n) is 10.5.